The van der Waals surface area contributed by atoms with E-state index in [9.17, 15) is 13.2 Å². The Kier molecular flexibility index (Phi) is 4.28. The minimum absolute atomic E-state index is 0.219. The monoisotopic (exact) mass is 287 g/mol. The van der Waals surface area contributed by atoms with Crippen LogP contribution in [-0.4, -0.2) is 13.7 Å². The molecule has 2 N–H and O–H groups in total. The zero-order valence-corrected chi connectivity index (χ0v) is 11.6. The van der Waals surface area contributed by atoms with E-state index in [-0.39, 0.29) is 12.1 Å². The number of rotatable bonds is 3. The first-order chi connectivity index (χ1) is 9.44. The molecule has 1 saturated carbocycles. The van der Waals surface area contributed by atoms with Crippen LogP contribution in [0.25, 0.3) is 0 Å². The van der Waals surface area contributed by atoms with Crippen molar-refractivity contribution in [3.8, 4) is 5.75 Å². The summed E-state index contributed by atoms with van der Waals surface area (Å²) < 4.78 is 45.2. The number of hydrogen-bond acceptors (Lipinski definition) is 2. The molecule has 0 aromatic heterocycles. The summed E-state index contributed by atoms with van der Waals surface area (Å²) >= 11 is 0. The summed E-state index contributed by atoms with van der Waals surface area (Å²) in [6, 6.07) is 4.11. The van der Waals surface area contributed by atoms with Crippen molar-refractivity contribution >= 4 is 0 Å². The van der Waals surface area contributed by atoms with E-state index in [1.54, 1.807) is 6.07 Å². The Morgan fingerprint density at radius 3 is 2.35 bits per heavy atom. The predicted molar refractivity (Wildman–Crippen MR) is 71.8 cm³/mol. The van der Waals surface area contributed by atoms with Gasteiger partial charge < -0.3 is 10.5 Å². The lowest BCUT2D eigenvalue weighted by Gasteiger charge is -2.39. The lowest BCUT2D eigenvalue weighted by molar-refractivity contribution is -0.139. The highest BCUT2D eigenvalue weighted by Crippen LogP contribution is 2.48. The Hall–Kier alpha value is -1.23. The van der Waals surface area contributed by atoms with Crippen LogP contribution in [0.5, 0.6) is 5.75 Å². The number of nitrogens with two attached hydrogens (primary N) is 1. The molecule has 1 aromatic carbocycles. The smallest absolute Gasteiger partial charge is 0.416 e. The molecule has 20 heavy (non-hydrogen) atoms. The van der Waals surface area contributed by atoms with Crippen molar-refractivity contribution in [3.05, 3.63) is 29.3 Å². The Balaban J connectivity index is 2.63. The van der Waals surface area contributed by atoms with Gasteiger partial charge in [0, 0.05) is 17.5 Å². The lowest BCUT2D eigenvalue weighted by atomic mass is 9.67. The highest BCUT2D eigenvalue weighted by atomic mass is 19.4. The second-order valence-corrected chi connectivity index (χ2v) is 5.43. The molecule has 0 bridgehead atoms. The van der Waals surface area contributed by atoms with Crippen molar-refractivity contribution in [2.75, 3.05) is 13.7 Å². The van der Waals surface area contributed by atoms with Crippen LogP contribution in [0, 0.1) is 0 Å². The molecule has 0 saturated heterocycles. The van der Waals surface area contributed by atoms with Crippen molar-refractivity contribution in [2.24, 2.45) is 5.73 Å². The SMILES string of the molecule is COc1cccc(C(F)(F)F)c1C1(CN)CCCCC1. The van der Waals surface area contributed by atoms with Crippen LogP contribution in [0.2, 0.25) is 0 Å². The fraction of sp³-hybridized carbons (Fsp3) is 0.600. The lowest BCUT2D eigenvalue weighted by Crippen LogP contribution is -2.39. The van der Waals surface area contributed by atoms with E-state index in [2.05, 4.69) is 0 Å². The molecule has 1 aliphatic carbocycles. The highest BCUT2D eigenvalue weighted by molar-refractivity contribution is 5.47. The summed E-state index contributed by atoms with van der Waals surface area (Å²) in [7, 11) is 1.41. The Morgan fingerprint density at radius 1 is 1.20 bits per heavy atom. The molecule has 1 aromatic rings. The van der Waals surface area contributed by atoms with E-state index in [0.717, 1.165) is 25.3 Å². The van der Waals surface area contributed by atoms with Gasteiger partial charge in [-0.25, -0.2) is 0 Å². The summed E-state index contributed by atoms with van der Waals surface area (Å²) in [5, 5.41) is 0. The van der Waals surface area contributed by atoms with E-state index in [4.69, 9.17) is 10.5 Å². The molecule has 0 atom stereocenters. The number of hydrogen-bond donors (Lipinski definition) is 1. The van der Waals surface area contributed by atoms with Gasteiger partial charge in [-0.1, -0.05) is 25.3 Å². The second-order valence-electron chi connectivity index (χ2n) is 5.43. The summed E-state index contributed by atoms with van der Waals surface area (Å²) in [6.45, 7) is 0.219. The standard InChI is InChI=1S/C15H20F3NO/c1-20-12-7-5-6-11(15(16,17)18)13(12)14(10-19)8-3-2-4-9-14/h5-7H,2-4,8-10,19H2,1H3. The molecule has 5 heteroatoms. The fourth-order valence-corrected chi connectivity index (χ4v) is 3.27. The van der Waals surface area contributed by atoms with Crippen molar-refractivity contribution in [1.82, 2.24) is 0 Å². The minimum atomic E-state index is -4.39. The quantitative estimate of drug-likeness (QED) is 0.915. The Morgan fingerprint density at radius 2 is 1.85 bits per heavy atom. The zero-order chi connectivity index (χ0) is 14.8. The first-order valence-corrected chi connectivity index (χ1v) is 6.89. The topological polar surface area (TPSA) is 35.2 Å². The van der Waals surface area contributed by atoms with E-state index in [1.165, 1.54) is 13.2 Å². The molecule has 0 unspecified atom stereocenters. The third-order valence-electron chi connectivity index (χ3n) is 4.28. The average molecular weight is 287 g/mol. The molecule has 1 aliphatic rings. The van der Waals surface area contributed by atoms with Crippen LogP contribution in [-0.2, 0) is 11.6 Å². The maximum Gasteiger partial charge on any atom is 0.416 e. The fourth-order valence-electron chi connectivity index (χ4n) is 3.27. The molecule has 0 amide bonds. The molecule has 0 aliphatic heterocycles. The second kappa shape index (κ2) is 5.64. The first kappa shape index (κ1) is 15.2. The van der Waals surface area contributed by atoms with Gasteiger partial charge >= 0.3 is 6.18 Å². The van der Waals surface area contributed by atoms with Gasteiger partial charge in [-0.05, 0) is 25.0 Å². The highest BCUT2D eigenvalue weighted by Gasteiger charge is 2.43. The van der Waals surface area contributed by atoms with Crippen LogP contribution in [0.3, 0.4) is 0 Å². The third kappa shape index (κ3) is 2.64. The predicted octanol–water partition coefficient (Wildman–Crippen LogP) is 3.87. The molecule has 2 rings (SSSR count). The van der Waals surface area contributed by atoms with Gasteiger partial charge in [-0.3, -0.25) is 0 Å². The molecule has 0 heterocycles. The number of methoxy groups -OCH3 is 1. The van der Waals surface area contributed by atoms with E-state index < -0.39 is 17.2 Å². The van der Waals surface area contributed by atoms with Crippen molar-refractivity contribution in [1.29, 1.82) is 0 Å². The summed E-state index contributed by atoms with van der Waals surface area (Å²) in [5.41, 5.74) is 4.91. The normalized spacial score (nSPS) is 18.9. The maximum atomic E-state index is 13.3. The molecule has 1 fully saturated rings. The van der Waals surface area contributed by atoms with Crippen LogP contribution < -0.4 is 10.5 Å². The van der Waals surface area contributed by atoms with Crippen LogP contribution >= 0.6 is 0 Å². The van der Waals surface area contributed by atoms with Crippen molar-refractivity contribution in [2.45, 2.75) is 43.7 Å². The van der Waals surface area contributed by atoms with Crippen molar-refractivity contribution < 1.29 is 17.9 Å². The van der Waals surface area contributed by atoms with Gasteiger partial charge in [0.05, 0.1) is 12.7 Å². The summed E-state index contributed by atoms with van der Waals surface area (Å²) in [5.74, 6) is 0.298. The number of alkyl halides is 3. The largest absolute Gasteiger partial charge is 0.496 e. The van der Waals surface area contributed by atoms with Crippen LogP contribution in [0.15, 0.2) is 18.2 Å². The first-order valence-electron chi connectivity index (χ1n) is 6.89. The zero-order valence-electron chi connectivity index (χ0n) is 11.6. The van der Waals surface area contributed by atoms with Crippen LogP contribution in [0.1, 0.15) is 43.2 Å². The van der Waals surface area contributed by atoms with E-state index in [0.29, 0.717) is 18.6 Å². The molecule has 112 valence electrons. The number of halogens is 3. The van der Waals surface area contributed by atoms with Crippen molar-refractivity contribution in [3.63, 3.8) is 0 Å². The maximum absolute atomic E-state index is 13.3. The van der Waals surface area contributed by atoms with Gasteiger partial charge in [-0.2, -0.15) is 13.2 Å². The molecule has 2 nitrogen and oxygen atoms in total. The minimum Gasteiger partial charge on any atom is -0.496 e. The number of ether oxygens (including phenoxy) is 1. The Bertz CT molecular complexity index is 465. The number of benzene rings is 1. The van der Waals surface area contributed by atoms with Gasteiger partial charge in [0.2, 0.25) is 0 Å². The summed E-state index contributed by atoms with van der Waals surface area (Å²) in [6.07, 6.45) is -0.138. The average Bonchev–Trinajstić information content (AvgIpc) is 2.46. The third-order valence-corrected chi connectivity index (χ3v) is 4.28. The van der Waals surface area contributed by atoms with Gasteiger partial charge in [0.15, 0.2) is 0 Å². The summed E-state index contributed by atoms with van der Waals surface area (Å²) in [4.78, 5) is 0. The molecular formula is C15H20F3NO. The van der Waals surface area contributed by atoms with Crippen LogP contribution in [0.4, 0.5) is 13.2 Å². The van der Waals surface area contributed by atoms with Gasteiger partial charge in [-0.15, -0.1) is 0 Å². The molecular weight excluding hydrogens is 267 g/mol. The van der Waals surface area contributed by atoms with E-state index >= 15 is 0 Å². The molecule has 0 spiro atoms. The van der Waals surface area contributed by atoms with Gasteiger partial charge in [0.25, 0.3) is 0 Å². The molecule has 0 radical (unpaired) electrons. The van der Waals surface area contributed by atoms with Gasteiger partial charge in [0.1, 0.15) is 5.75 Å². The van der Waals surface area contributed by atoms with E-state index in [1.807, 2.05) is 0 Å². The Labute approximate surface area is 117 Å².